The van der Waals surface area contributed by atoms with E-state index >= 15 is 0 Å². The summed E-state index contributed by atoms with van der Waals surface area (Å²) in [5.74, 6) is -0.660. The lowest BCUT2D eigenvalue weighted by Gasteiger charge is -2.35. The second-order valence-corrected chi connectivity index (χ2v) is 9.31. The van der Waals surface area contributed by atoms with Gasteiger partial charge in [-0.1, -0.05) is 6.07 Å². The van der Waals surface area contributed by atoms with Crippen molar-refractivity contribution in [3.8, 4) is 0 Å². The van der Waals surface area contributed by atoms with Crippen LogP contribution in [-0.4, -0.2) is 104 Å². The van der Waals surface area contributed by atoms with Gasteiger partial charge in [-0.15, -0.1) is 0 Å². The summed E-state index contributed by atoms with van der Waals surface area (Å²) in [4.78, 5) is 42.1. The predicted molar refractivity (Wildman–Crippen MR) is 105 cm³/mol. The van der Waals surface area contributed by atoms with E-state index < -0.39 is 16.1 Å². The summed E-state index contributed by atoms with van der Waals surface area (Å²) in [6.07, 6.45) is 0. The molecule has 0 spiro atoms. The van der Waals surface area contributed by atoms with Crippen molar-refractivity contribution in [1.29, 1.82) is 0 Å². The number of piperazine rings is 1. The SMILES string of the molecule is CCN1C(=O)C2CN(C(=O)c3cccc(S(=O)(=O)N4CCOCC4)c3)CCN2C1=O. The summed E-state index contributed by atoms with van der Waals surface area (Å²) in [5.41, 5.74) is 0.238. The van der Waals surface area contributed by atoms with Gasteiger partial charge in [0.2, 0.25) is 10.0 Å². The number of benzene rings is 1. The summed E-state index contributed by atoms with van der Waals surface area (Å²) in [6, 6.07) is 4.94. The van der Waals surface area contributed by atoms with Gasteiger partial charge in [-0.3, -0.25) is 14.5 Å². The number of ether oxygens (including phenoxy) is 1. The highest BCUT2D eigenvalue weighted by molar-refractivity contribution is 7.89. The van der Waals surface area contributed by atoms with Crippen LogP contribution in [0.25, 0.3) is 0 Å². The second-order valence-electron chi connectivity index (χ2n) is 7.37. The number of hydrogen-bond donors (Lipinski definition) is 0. The van der Waals surface area contributed by atoms with Gasteiger partial charge in [-0.2, -0.15) is 4.31 Å². The highest BCUT2D eigenvalue weighted by Crippen LogP contribution is 2.24. The first-order chi connectivity index (χ1) is 14.3. The molecule has 3 heterocycles. The molecule has 0 radical (unpaired) electrons. The first-order valence-corrected chi connectivity index (χ1v) is 11.4. The molecule has 4 amide bonds. The Bertz CT molecular complexity index is 975. The standard InChI is InChI=1S/C19H24N4O6S/c1-2-22-18(25)16-13-20(6-7-23(16)19(22)26)17(24)14-4-3-5-15(12-14)30(27,28)21-8-10-29-11-9-21/h3-5,12,16H,2,6-11,13H2,1H3. The third kappa shape index (κ3) is 3.46. The molecule has 3 aliphatic heterocycles. The topological polar surface area (TPSA) is 108 Å². The molecule has 0 aromatic heterocycles. The molecule has 3 aliphatic rings. The largest absolute Gasteiger partial charge is 0.379 e. The fourth-order valence-electron chi connectivity index (χ4n) is 4.04. The fourth-order valence-corrected chi connectivity index (χ4v) is 5.49. The minimum Gasteiger partial charge on any atom is -0.379 e. The van der Waals surface area contributed by atoms with Crippen molar-refractivity contribution in [1.82, 2.24) is 19.0 Å². The van der Waals surface area contributed by atoms with E-state index in [9.17, 15) is 22.8 Å². The Hall–Kier alpha value is -2.50. The van der Waals surface area contributed by atoms with E-state index in [2.05, 4.69) is 0 Å². The van der Waals surface area contributed by atoms with E-state index in [0.29, 0.717) is 19.8 Å². The monoisotopic (exact) mass is 436 g/mol. The quantitative estimate of drug-likeness (QED) is 0.606. The van der Waals surface area contributed by atoms with Crippen LogP contribution in [-0.2, 0) is 19.6 Å². The maximum Gasteiger partial charge on any atom is 0.327 e. The second kappa shape index (κ2) is 7.97. The van der Waals surface area contributed by atoms with Crippen molar-refractivity contribution >= 4 is 27.9 Å². The minimum absolute atomic E-state index is 0.0539. The molecule has 0 N–H and O–H groups in total. The third-order valence-electron chi connectivity index (χ3n) is 5.70. The number of sulfonamides is 1. The van der Waals surface area contributed by atoms with Crippen LogP contribution in [0.3, 0.4) is 0 Å². The number of morpholine rings is 1. The molecule has 3 fully saturated rings. The van der Waals surface area contributed by atoms with Gasteiger partial charge in [-0.25, -0.2) is 13.2 Å². The summed E-state index contributed by atoms with van der Waals surface area (Å²) < 4.78 is 32.3. The lowest BCUT2D eigenvalue weighted by atomic mass is 10.1. The zero-order valence-electron chi connectivity index (χ0n) is 16.7. The zero-order chi connectivity index (χ0) is 21.5. The lowest BCUT2D eigenvalue weighted by Crippen LogP contribution is -2.54. The number of likely N-dealkylation sites (N-methyl/N-ethyl adjacent to an activating group) is 1. The summed E-state index contributed by atoms with van der Waals surface area (Å²) in [7, 11) is -3.72. The molecule has 3 saturated heterocycles. The van der Waals surface area contributed by atoms with Gasteiger partial charge >= 0.3 is 6.03 Å². The molecule has 4 rings (SSSR count). The van der Waals surface area contributed by atoms with Crippen LogP contribution in [0.1, 0.15) is 17.3 Å². The molecular weight excluding hydrogens is 412 g/mol. The van der Waals surface area contributed by atoms with Gasteiger partial charge < -0.3 is 14.5 Å². The van der Waals surface area contributed by atoms with Crippen LogP contribution in [0.5, 0.6) is 0 Å². The fraction of sp³-hybridized carbons (Fsp3) is 0.526. The van der Waals surface area contributed by atoms with E-state index in [4.69, 9.17) is 4.74 Å². The summed E-state index contributed by atoms with van der Waals surface area (Å²) in [5, 5.41) is 0. The summed E-state index contributed by atoms with van der Waals surface area (Å²) in [6.45, 7) is 3.89. The number of rotatable bonds is 4. The number of imide groups is 1. The van der Waals surface area contributed by atoms with Gasteiger partial charge in [0.25, 0.3) is 11.8 Å². The van der Waals surface area contributed by atoms with Gasteiger partial charge in [0, 0.05) is 38.3 Å². The van der Waals surface area contributed by atoms with E-state index in [-0.39, 0.29) is 61.0 Å². The maximum atomic E-state index is 13.1. The van der Waals surface area contributed by atoms with Crippen molar-refractivity contribution in [3.05, 3.63) is 29.8 Å². The number of carbonyl (C=O) groups is 3. The van der Waals surface area contributed by atoms with Crippen LogP contribution in [0, 0.1) is 0 Å². The van der Waals surface area contributed by atoms with Crippen molar-refractivity contribution in [2.75, 3.05) is 52.5 Å². The molecule has 10 nitrogen and oxygen atoms in total. The first-order valence-electron chi connectivity index (χ1n) is 9.94. The Morgan fingerprint density at radius 2 is 1.87 bits per heavy atom. The van der Waals surface area contributed by atoms with Gasteiger partial charge in [0.1, 0.15) is 6.04 Å². The van der Waals surface area contributed by atoms with Crippen molar-refractivity contribution in [2.24, 2.45) is 0 Å². The molecule has 0 bridgehead atoms. The molecule has 0 saturated carbocycles. The Morgan fingerprint density at radius 3 is 2.57 bits per heavy atom. The van der Waals surface area contributed by atoms with Gasteiger partial charge in [-0.05, 0) is 25.1 Å². The Morgan fingerprint density at radius 1 is 1.13 bits per heavy atom. The Balaban J connectivity index is 1.53. The Labute approximate surface area is 175 Å². The molecule has 0 aliphatic carbocycles. The highest BCUT2D eigenvalue weighted by atomic mass is 32.2. The smallest absolute Gasteiger partial charge is 0.327 e. The molecule has 30 heavy (non-hydrogen) atoms. The van der Waals surface area contributed by atoms with Crippen LogP contribution in [0.4, 0.5) is 4.79 Å². The normalized spacial score (nSPS) is 23.1. The number of hydrogen-bond acceptors (Lipinski definition) is 6. The molecular formula is C19H24N4O6S. The molecule has 11 heteroatoms. The maximum absolute atomic E-state index is 13.1. The van der Waals surface area contributed by atoms with Crippen LogP contribution < -0.4 is 0 Å². The average molecular weight is 436 g/mol. The number of amides is 4. The minimum atomic E-state index is -3.72. The van der Waals surface area contributed by atoms with E-state index in [1.807, 2.05) is 0 Å². The van der Waals surface area contributed by atoms with Crippen LogP contribution in [0.2, 0.25) is 0 Å². The molecule has 1 unspecified atom stereocenters. The van der Waals surface area contributed by atoms with Gasteiger partial charge in [0.05, 0.1) is 24.7 Å². The highest BCUT2D eigenvalue weighted by Gasteiger charge is 2.47. The predicted octanol–water partition coefficient (Wildman–Crippen LogP) is -0.184. The lowest BCUT2D eigenvalue weighted by molar-refractivity contribution is -0.129. The van der Waals surface area contributed by atoms with Gasteiger partial charge in [0.15, 0.2) is 0 Å². The van der Waals surface area contributed by atoms with Crippen molar-refractivity contribution in [2.45, 2.75) is 17.9 Å². The van der Waals surface area contributed by atoms with Crippen LogP contribution in [0.15, 0.2) is 29.2 Å². The number of fused-ring (bicyclic) bond motifs is 1. The average Bonchev–Trinajstić information content (AvgIpc) is 3.02. The third-order valence-corrected chi connectivity index (χ3v) is 7.59. The van der Waals surface area contributed by atoms with Crippen LogP contribution >= 0.6 is 0 Å². The van der Waals surface area contributed by atoms with E-state index in [1.54, 1.807) is 19.1 Å². The summed E-state index contributed by atoms with van der Waals surface area (Å²) >= 11 is 0. The molecule has 162 valence electrons. The first kappa shape index (κ1) is 20.8. The number of urea groups is 1. The number of nitrogens with zero attached hydrogens (tertiary/aromatic N) is 4. The molecule has 1 aromatic carbocycles. The van der Waals surface area contributed by atoms with Crippen molar-refractivity contribution < 1.29 is 27.5 Å². The van der Waals surface area contributed by atoms with Crippen molar-refractivity contribution in [3.63, 3.8) is 0 Å². The van der Waals surface area contributed by atoms with E-state index in [0.717, 1.165) is 0 Å². The number of carbonyl (C=O) groups excluding carboxylic acids is 3. The van der Waals surface area contributed by atoms with E-state index in [1.165, 1.54) is 31.1 Å². The molecule has 1 aromatic rings. The Kier molecular flexibility index (Phi) is 5.51. The zero-order valence-corrected chi connectivity index (χ0v) is 17.5. The molecule has 1 atom stereocenters.